The van der Waals surface area contributed by atoms with Crippen molar-refractivity contribution < 1.29 is 0 Å². The molecule has 0 fully saturated rings. The third-order valence-corrected chi connectivity index (χ3v) is 2.68. The number of halogens is 1. The van der Waals surface area contributed by atoms with Gasteiger partial charge in [0.25, 0.3) is 0 Å². The van der Waals surface area contributed by atoms with Crippen LogP contribution in [0, 0.1) is 0 Å². The minimum Gasteiger partial charge on any atom is -0.352 e. The van der Waals surface area contributed by atoms with E-state index in [1.165, 1.54) is 0 Å². The topological polar surface area (TPSA) is 36.4 Å². The van der Waals surface area contributed by atoms with Crippen molar-refractivity contribution in [3.05, 3.63) is 34.9 Å². The van der Waals surface area contributed by atoms with Crippen LogP contribution >= 0.6 is 11.6 Å². The van der Waals surface area contributed by atoms with Crippen molar-refractivity contribution in [2.45, 2.75) is 19.5 Å². The highest BCUT2D eigenvalue weighted by atomic mass is 35.5. The van der Waals surface area contributed by atoms with E-state index in [-0.39, 0.29) is 0 Å². The van der Waals surface area contributed by atoms with E-state index in [2.05, 4.69) is 22.5 Å². The molecule has 1 atom stereocenters. The van der Waals surface area contributed by atoms with Gasteiger partial charge < -0.3 is 10.6 Å². The molecule has 0 saturated heterocycles. The molecule has 2 N–H and O–H groups in total. The van der Waals surface area contributed by atoms with Crippen molar-refractivity contribution >= 4 is 17.6 Å². The predicted octanol–water partition coefficient (Wildman–Crippen LogP) is 1.78. The molecule has 15 heavy (non-hydrogen) atoms. The Morgan fingerprint density at radius 2 is 2.33 bits per heavy atom. The van der Waals surface area contributed by atoms with E-state index in [4.69, 9.17) is 11.6 Å². The Hall–Kier alpha value is -1.22. The fourth-order valence-electron chi connectivity index (χ4n) is 1.48. The molecule has 80 valence electrons. The normalized spacial score (nSPS) is 19.6. The number of rotatable bonds is 2. The second-order valence-electron chi connectivity index (χ2n) is 3.68. The molecule has 0 aromatic heterocycles. The largest absolute Gasteiger partial charge is 0.352 e. The zero-order chi connectivity index (χ0) is 10.7. The first-order valence-electron chi connectivity index (χ1n) is 5.04. The Balaban J connectivity index is 1.91. The first-order chi connectivity index (χ1) is 7.25. The van der Waals surface area contributed by atoms with E-state index in [0.29, 0.717) is 12.6 Å². The molecular formula is C11H14ClN3. The summed E-state index contributed by atoms with van der Waals surface area (Å²) in [6.45, 7) is 3.65. The highest BCUT2D eigenvalue weighted by Crippen LogP contribution is 2.14. The van der Waals surface area contributed by atoms with Crippen molar-refractivity contribution in [2.75, 3.05) is 6.54 Å². The van der Waals surface area contributed by atoms with E-state index >= 15 is 0 Å². The Labute approximate surface area is 94.5 Å². The molecule has 0 radical (unpaired) electrons. The van der Waals surface area contributed by atoms with Crippen LogP contribution in [0.25, 0.3) is 0 Å². The van der Waals surface area contributed by atoms with Crippen LogP contribution in [0.1, 0.15) is 12.5 Å². The monoisotopic (exact) mass is 223 g/mol. The molecule has 1 unspecified atom stereocenters. The Bertz CT molecular complexity index is 376. The number of nitrogens with one attached hydrogen (secondary N) is 2. The van der Waals surface area contributed by atoms with Gasteiger partial charge in [0.1, 0.15) is 0 Å². The lowest BCUT2D eigenvalue weighted by atomic mass is 10.2. The lowest BCUT2D eigenvalue weighted by Gasteiger charge is -2.09. The number of guanidine groups is 1. The third kappa shape index (κ3) is 2.63. The lowest BCUT2D eigenvalue weighted by Crippen LogP contribution is -2.37. The van der Waals surface area contributed by atoms with Gasteiger partial charge in [-0.1, -0.05) is 29.8 Å². The van der Waals surface area contributed by atoms with Gasteiger partial charge >= 0.3 is 0 Å². The van der Waals surface area contributed by atoms with Gasteiger partial charge in [-0.15, -0.1) is 0 Å². The second-order valence-corrected chi connectivity index (χ2v) is 4.09. The molecule has 0 saturated carbocycles. The number of aliphatic imine (C=N–C) groups is 1. The van der Waals surface area contributed by atoms with Gasteiger partial charge in [0.05, 0.1) is 6.54 Å². The number of hydrogen-bond donors (Lipinski definition) is 2. The molecule has 3 nitrogen and oxygen atoms in total. The molecule has 4 heteroatoms. The van der Waals surface area contributed by atoms with Crippen LogP contribution in [0.5, 0.6) is 0 Å². The SMILES string of the molecule is CC1CN=C(NCc2ccccc2Cl)N1. The first-order valence-corrected chi connectivity index (χ1v) is 5.42. The van der Waals surface area contributed by atoms with Crippen molar-refractivity contribution in [3.8, 4) is 0 Å². The van der Waals surface area contributed by atoms with Crippen molar-refractivity contribution in [2.24, 2.45) is 4.99 Å². The molecule has 0 spiro atoms. The van der Waals surface area contributed by atoms with E-state index in [0.717, 1.165) is 23.1 Å². The van der Waals surface area contributed by atoms with Gasteiger partial charge in [0.2, 0.25) is 0 Å². The van der Waals surface area contributed by atoms with Gasteiger partial charge in [-0.2, -0.15) is 0 Å². The summed E-state index contributed by atoms with van der Waals surface area (Å²) < 4.78 is 0. The van der Waals surface area contributed by atoms with Gasteiger partial charge in [0.15, 0.2) is 5.96 Å². The summed E-state index contributed by atoms with van der Waals surface area (Å²) in [6, 6.07) is 8.24. The number of hydrogen-bond acceptors (Lipinski definition) is 3. The second kappa shape index (κ2) is 4.53. The Morgan fingerprint density at radius 1 is 1.53 bits per heavy atom. The summed E-state index contributed by atoms with van der Waals surface area (Å²) in [5.41, 5.74) is 1.09. The molecule has 0 bridgehead atoms. The molecule has 1 heterocycles. The first kappa shape index (κ1) is 10.3. The summed E-state index contributed by atoms with van der Waals surface area (Å²) >= 11 is 6.04. The van der Waals surface area contributed by atoms with E-state index in [1.54, 1.807) is 0 Å². The van der Waals surface area contributed by atoms with Crippen LogP contribution < -0.4 is 10.6 Å². The summed E-state index contributed by atoms with van der Waals surface area (Å²) in [7, 11) is 0. The zero-order valence-electron chi connectivity index (χ0n) is 8.63. The molecule has 0 aliphatic carbocycles. The van der Waals surface area contributed by atoms with Crippen molar-refractivity contribution in [1.29, 1.82) is 0 Å². The summed E-state index contributed by atoms with van der Waals surface area (Å²) in [6.07, 6.45) is 0. The molecule has 1 aliphatic heterocycles. The minimum atomic E-state index is 0.429. The smallest absolute Gasteiger partial charge is 0.191 e. The Kier molecular flexibility index (Phi) is 3.11. The fraction of sp³-hybridized carbons (Fsp3) is 0.364. The predicted molar refractivity (Wildman–Crippen MR) is 63.2 cm³/mol. The minimum absolute atomic E-state index is 0.429. The van der Waals surface area contributed by atoms with Crippen LogP contribution in [0.3, 0.4) is 0 Å². The maximum atomic E-state index is 6.04. The zero-order valence-corrected chi connectivity index (χ0v) is 9.38. The maximum Gasteiger partial charge on any atom is 0.191 e. The molecule has 0 amide bonds. The van der Waals surface area contributed by atoms with Crippen molar-refractivity contribution in [3.63, 3.8) is 0 Å². The van der Waals surface area contributed by atoms with E-state index in [1.807, 2.05) is 24.3 Å². The molecule has 1 aromatic rings. The van der Waals surface area contributed by atoms with E-state index < -0.39 is 0 Å². The lowest BCUT2D eigenvalue weighted by molar-refractivity contribution is 0.713. The van der Waals surface area contributed by atoms with Crippen LogP contribution in [0.4, 0.5) is 0 Å². The van der Waals surface area contributed by atoms with Gasteiger partial charge in [-0.25, -0.2) is 0 Å². The van der Waals surface area contributed by atoms with Crippen LogP contribution in [0.15, 0.2) is 29.3 Å². The van der Waals surface area contributed by atoms with Gasteiger partial charge in [-0.05, 0) is 18.6 Å². The summed E-state index contributed by atoms with van der Waals surface area (Å²) in [5, 5.41) is 7.25. The quantitative estimate of drug-likeness (QED) is 0.802. The molecule has 1 aliphatic rings. The number of benzene rings is 1. The highest BCUT2D eigenvalue weighted by Gasteiger charge is 2.11. The highest BCUT2D eigenvalue weighted by molar-refractivity contribution is 6.31. The van der Waals surface area contributed by atoms with Crippen LogP contribution in [-0.4, -0.2) is 18.5 Å². The van der Waals surface area contributed by atoms with Crippen LogP contribution in [-0.2, 0) is 6.54 Å². The molecular weight excluding hydrogens is 210 g/mol. The average Bonchev–Trinajstić information content (AvgIpc) is 2.63. The fourth-order valence-corrected chi connectivity index (χ4v) is 1.68. The number of nitrogens with zero attached hydrogens (tertiary/aromatic N) is 1. The summed E-state index contributed by atoms with van der Waals surface area (Å²) in [4.78, 5) is 4.31. The third-order valence-electron chi connectivity index (χ3n) is 2.31. The van der Waals surface area contributed by atoms with Gasteiger partial charge in [-0.3, -0.25) is 4.99 Å². The van der Waals surface area contributed by atoms with E-state index in [9.17, 15) is 0 Å². The molecule has 1 aromatic carbocycles. The summed E-state index contributed by atoms with van der Waals surface area (Å²) in [5.74, 6) is 0.863. The van der Waals surface area contributed by atoms with Crippen molar-refractivity contribution in [1.82, 2.24) is 10.6 Å². The maximum absolute atomic E-state index is 6.04. The van der Waals surface area contributed by atoms with Crippen LogP contribution in [0.2, 0.25) is 5.02 Å². The standard InChI is InChI=1S/C11H14ClN3/c1-8-6-13-11(15-8)14-7-9-4-2-3-5-10(9)12/h2-5,8H,6-7H2,1H3,(H2,13,14,15). The molecule has 2 rings (SSSR count). The van der Waals surface area contributed by atoms with Gasteiger partial charge in [0, 0.05) is 17.6 Å². The average molecular weight is 224 g/mol. The Morgan fingerprint density at radius 3 is 3.00 bits per heavy atom.